The first kappa shape index (κ1) is 9.92. The lowest BCUT2D eigenvalue weighted by Crippen LogP contribution is -2.00. The molecule has 2 heterocycles. The van der Waals surface area contributed by atoms with Gasteiger partial charge in [-0.2, -0.15) is 0 Å². The molecular weight excluding hydrogens is 194 g/mol. The summed E-state index contributed by atoms with van der Waals surface area (Å²) in [5.41, 5.74) is 0.742. The number of pyridine rings is 1. The summed E-state index contributed by atoms with van der Waals surface area (Å²) < 4.78 is 12.1. The molecule has 0 aliphatic rings. The Morgan fingerprint density at radius 2 is 2.20 bits per heavy atom. The minimum Gasteiger partial charge on any atom is -0.493 e. The second-order valence-corrected chi connectivity index (χ2v) is 3.13. The lowest BCUT2D eigenvalue weighted by molar-refractivity contribution is 0.200. The maximum atomic E-state index is 5.19. The van der Waals surface area contributed by atoms with Crippen molar-refractivity contribution < 1.29 is 9.47 Å². The second-order valence-electron chi connectivity index (χ2n) is 3.13. The van der Waals surface area contributed by atoms with E-state index in [4.69, 9.17) is 9.47 Å². The van der Waals surface area contributed by atoms with Crippen LogP contribution in [-0.4, -0.2) is 35.4 Å². The standard InChI is InChI=1S/C10H13N3O2/c1-14-7-5-9-11-12-10-8(15-2)4-3-6-13(9)10/h3-4,6H,5,7H2,1-2H3. The summed E-state index contributed by atoms with van der Waals surface area (Å²) in [6.45, 7) is 0.637. The molecule has 0 unspecified atom stereocenters. The third kappa shape index (κ3) is 1.78. The number of nitrogens with zero attached hydrogens (tertiary/aromatic N) is 3. The Morgan fingerprint density at radius 1 is 1.33 bits per heavy atom. The summed E-state index contributed by atoms with van der Waals surface area (Å²) in [4.78, 5) is 0. The molecule has 0 amide bonds. The molecule has 80 valence electrons. The second kappa shape index (κ2) is 4.27. The molecule has 0 aliphatic heterocycles. The molecule has 2 rings (SSSR count). The SMILES string of the molecule is COCCc1nnc2c(OC)cccn12. The number of ether oxygens (including phenoxy) is 2. The fourth-order valence-electron chi connectivity index (χ4n) is 1.46. The third-order valence-electron chi connectivity index (χ3n) is 2.22. The van der Waals surface area contributed by atoms with Gasteiger partial charge in [-0.25, -0.2) is 0 Å². The van der Waals surface area contributed by atoms with Crippen LogP contribution in [0.4, 0.5) is 0 Å². The van der Waals surface area contributed by atoms with E-state index in [1.165, 1.54) is 0 Å². The van der Waals surface area contributed by atoms with E-state index in [-0.39, 0.29) is 0 Å². The van der Waals surface area contributed by atoms with Gasteiger partial charge in [-0.15, -0.1) is 10.2 Å². The van der Waals surface area contributed by atoms with Gasteiger partial charge in [0.2, 0.25) is 5.65 Å². The minimum atomic E-state index is 0.637. The van der Waals surface area contributed by atoms with Crippen LogP contribution in [0.5, 0.6) is 5.75 Å². The lowest BCUT2D eigenvalue weighted by atomic mass is 10.4. The summed E-state index contributed by atoms with van der Waals surface area (Å²) in [6.07, 6.45) is 2.66. The topological polar surface area (TPSA) is 48.7 Å². The Hall–Kier alpha value is -1.62. The van der Waals surface area contributed by atoms with Crippen molar-refractivity contribution in [3.8, 4) is 5.75 Å². The number of hydrogen-bond donors (Lipinski definition) is 0. The molecule has 5 nitrogen and oxygen atoms in total. The van der Waals surface area contributed by atoms with E-state index in [1.54, 1.807) is 14.2 Å². The van der Waals surface area contributed by atoms with Gasteiger partial charge in [-0.1, -0.05) is 0 Å². The van der Waals surface area contributed by atoms with Crippen LogP contribution in [0.25, 0.3) is 5.65 Å². The summed E-state index contributed by atoms with van der Waals surface area (Å²) in [7, 11) is 3.29. The smallest absolute Gasteiger partial charge is 0.203 e. The highest BCUT2D eigenvalue weighted by Crippen LogP contribution is 2.17. The maximum Gasteiger partial charge on any atom is 0.203 e. The van der Waals surface area contributed by atoms with E-state index in [0.717, 1.165) is 23.6 Å². The first-order chi connectivity index (χ1) is 7.36. The minimum absolute atomic E-state index is 0.637. The van der Waals surface area contributed by atoms with E-state index in [1.807, 2.05) is 22.7 Å². The van der Waals surface area contributed by atoms with E-state index >= 15 is 0 Å². The quantitative estimate of drug-likeness (QED) is 0.748. The lowest BCUT2D eigenvalue weighted by Gasteiger charge is -2.02. The van der Waals surface area contributed by atoms with Crippen molar-refractivity contribution in [3.05, 3.63) is 24.2 Å². The van der Waals surface area contributed by atoms with Crippen LogP contribution in [-0.2, 0) is 11.2 Å². The number of fused-ring (bicyclic) bond motifs is 1. The Labute approximate surface area is 87.6 Å². The molecule has 15 heavy (non-hydrogen) atoms. The Balaban J connectivity index is 2.42. The number of rotatable bonds is 4. The van der Waals surface area contributed by atoms with Crippen molar-refractivity contribution in [1.29, 1.82) is 0 Å². The van der Waals surface area contributed by atoms with Crippen LogP contribution in [0.1, 0.15) is 5.82 Å². The summed E-state index contributed by atoms with van der Waals surface area (Å²) in [6, 6.07) is 3.77. The van der Waals surface area contributed by atoms with Crippen LogP contribution in [0, 0.1) is 0 Å². The van der Waals surface area contributed by atoms with Crippen LogP contribution >= 0.6 is 0 Å². The van der Waals surface area contributed by atoms with Crippen molar-refractivity contribution in [2.75, 3.05) is 20.8 Å². The molecular formula is C10H13N3O2. The van der Waals surface area contributed by atoms with Gasteiger partial charge < -0.3 is 9.47 Å². The summed E-state index contributed by atoms with van der Waals surface area (Å²) in [5.74, 6) is 1.61. The number of aromatic nitrogens is 3. The normalized spacial score (nSPS) is 10.8. The molecule has 0 N–H and O–H groups in total. The van der Waals surface area contributed by atoms with E-state index in [2.05, 4.69) is 10.2 Å². The van der Waals surface area contributed by atoms with Gasteiger partial charge in [0.05, 0.1) is 13.7 Å². The van der Waals surface area contributed by atoms with Gasteiger partial charge in [-0.05, 0) is 12.1 Å². The summed E-state index contributed by atoms with van der Waals surface area (Å²) in [5, 5.41) is 8.17. The van der Waals surface area contributed by atoms with Crippen LogP contribution in [0.15, 0.2) is 18.3 Å². The van der Waals surface area contributed by atoms with Crippen molar-refractivity contribution in [1.82, 2.24) is 14.6 Å². The molecule has 2 aromatic rings. The highest BCUT2D eigenvalue weighted by atomic mass is 16.5. The van der Waals surface area contributed by atoms with Crippen molar-refractivity contribution in [2.24, 2.45) is 0 Å². The number of hydrogen-bond acceptors (Lipinski definition) is 4. The monoisotopic (exact) mass is 207 g/mol. The Bertz CT molecular complexity index is 453. The maximum absolute atomic E-state index is 5.19. The molecule has 0 aromatic carbocycles. The first-order valence-corrected chi connectivity index (χ1v) is 4.72. The molecule has 0 radical (unpaired) electrons. The van der Waals surface area contributed by atoms with Crippen molar-refractivity contribution in [3.63, 3.8) is 0 Å². The summed E-state index contributed by atoms with van der Waals surface area (Å²) >= 11 is 0. The van der Waals surface area contributed by atoms with Gasteiger partial charge in [0.1, 0.15) is 5.82 Å². The predicted octanol–water partition coefficient (Wildman–Crippen LogP) is 0.927. The Morgan fingerprint density at radius 3 is 2.93 bits per heavy atom. The number of methoxy groups -OCH3 is 2. The molecule has 0 saturated heterocycles. The van der Waals surface area contributed by atoms with Crippen molar-refractivity contribution in [2.45, 2.75) is 6.42 Å². The van der Waals surface area contributed by atoms with Gasteiger partial charge in [-0.3, -0.25) is 4.40 Å². The molecule has 0 fully saturated rings. The molecule has 0 spiro atoms. The molecule has 5 heteroatoms. The molecule has 2 aromatic heterocycles. The van der Waals surface area contributed by atoms with E-state index in [0.29, 0.717) is 6.61 Å². The fourth-order valence-corrected chi connectivity index (χ4v) is 1.46. The first-order valence-electron chi connectivity index (χ1n) is 4.72. The predicted molar refractivity (Wildman–Crippen MR) is 55.1 cm³/mol. The molecule has 0 bridgehead atoms. The Kier molecular flexibility index (Phi) is 2.82. The molecule has 0 aliphatic carbocycles. The average molecular weight is 207 g/mol. The highest BCUT2D eigenvalue weighted by Gasteiger charge is 2.08. The van der Waals surface area contributed by atoms with Crippen LogP contribution in [0.3, 0.4) is 0 Å². The highest BCUT2D eigenvalue weighted by molar-refractivity contribution is 5.52. The third-order valence-corrected chi connectivity index (χ3v) is 2.22. The largest absolute Gasteiger partial charge is 0.493 e. The van der Waals surface area contributed by atoms with Crippen molar-refractivity contribution >= 4 is 5.65 Å². The zero-order chi connectivity index (χ0) is 10.7. The fraction of sp³-hybridized carbons (Fsp3) is 0.400. The van der Waals surface area contributed by atoms with Crippen LogP contribution < -0.4 is 4.74 Å². The zero-order valence-corrected chi connectivity index (χ0v) is 8.80. The van der Waals surface area contributed by atoms with Crippen LogP contribution in [0.2, 0.25) is 0 Å². The van der Waals surface area contributed by atoms with Gasteiger partial charge in [0.15, 0.2) is 5.75 Å². The molecule has 0 saturated carbocycles. The van der Waals surface area contributed by atoms with Gasteiger partial charge in [0.25, 0.3) is 0 Å². The zero-order valence-electron chi connectivity index (χ0n) is 8.80. The van der Waals surface area contributed by atoms with E-state index < -0.39 is 0 Å². The van der Waals surface area contributed by atoms with Gasteiger partial charge in [0, 0.05) is 19.7 Å². The van der Waals surface area contributed by atoms with E-state index in [9.17, 15) is 0 Å². The average Bonchev–Trinajstić information content (AvgIpc) is 2.69. The molecule has 0 atom stereocenters. The van der Waals surface area contributed by atoms with Gasteiger partial charge >= 0.3 is 0 Å².